The predicted octanol–water partition coefficient (Wildman–Crippen LogP) is 4.92. The lowest BCUT2D eigenvalue weighted by atomic mass is 9.89. The Kier molecular flexibility index (Phi) is 5.28. The SMILES string of the molecule is CC(C)C(C)NC(=O)CC(c1ccsc1)c1cn(C)c2ccccc12. The van der Waals surface area contributed by atoms with E-state index in [2.05, 4.69) is 85.0 Å². The van der Waals surface area contributed by atoms with E-state index in [9.17, 15) is 4.79 Å². The highest BCUT2D eigenvalue weighted by atomic mass is 32.1. The smallest absolute Gasteiger partial charge is 0.221 e. The largest absolute Gasteiger partial charge is 0.353 e. The minimum atomic E-state index is 0.0803. The molecule has 0 saturated carbocycles. The number of fused-ring (bicyclic) bond motifs is 1. The number of nitrogens with zero attached hydrogens (tertiary/aromatic N) is 1. The van der Waals surface area contributed by atoms with Gasteiger partial charge in [-0.15, -0.1) is 0 Å². The van der Waals surface area contributed by atoms with Crippen LogP contribution in [0.3, 0.4) is 0 Å². The molecule has 0 aliphatic carbocycles. The van der Waals surface area contributed by atoms with Crippen molar-refractivity contribution in [1.82, 2.24) is 9.88 Å². The molecule has 2 heterocycles. The first-order chi connectivity index (χ1) is 12.0. The van der Waals surface area contributed by atoms with Gasteiger partial charge in [0.1, 0.15) is 0 Å². The number of carbonyl (C=O) groups is 1. The van der Waals surface area contributed by atoms with Crippen LogP contribution in [0.4, 0.5) is 0 Å². The highest BCUT2D eigenvalue weighted by Crippen LogP contribution is 2.35. The van der Waals surface area contributed by atoms with Gasteiger partial charge in [-0.2, -0.15) is 11.3 Å². The molecule has 1 N–H and O–H groups in total. The number of para-hydroxylation sites is 1. The monoisotopic (exact) mass is 354 g/mol. The number of aromatic nitrogens is 1. The van der Waals surface area contributed by atoms with Gasteiger partial charge in [0.2, 0.25) is 5.91 Å². The topological polar surface area (TPSA) is 34.0 Å². The minimum absolute atomic E-state index is 0.0803. The Balaban J connectivity index is 1.94. The molecule has 4 heteroatoms. The number of hydrogen-bond acceptors (Lipinski definition) is 2. The zero-order valence-corrected chi connectivity index (χ0v) is 16.1. The van der Waals surface area contributed by atoms with E-state index >= 15 is 0 Å². The van der Waals surface area contributed by atoms with Crippen molar-refractivity contribution >= 4 is 28.1 Å². The van der Waals surface area contributed by atoms with E-state index in [4.69, 9.17) is 0 Å². The molecule has 0 radical (unpaired) electrons. The Morgan fingerprint density at radius 1 is 1.20 bits per heavy atom. The molecule has 25 heavy (non-hydrogen) atoms. The summed E-state index contributed by atoms with van der Waals surface area (Å²) in [7, 11) is 2.07. The van der Waals surface area contributed by atoms with Gasteiger partial charge in [-0.1, -0.05) is 32.0 Å². The number of carbonyl (C=O) groups excluding carboxylic acids is 1. The zero-order valence-electron chi connectivity index (χ0n) is 15.3. The summed E-state index contributed by atoms with van der Waals surface area (Å²) in [6.45, 7) is 6.33. The third-order valence-electron chi connectivity index (χ3n) is 5.03. The van der Waals surface area contributed by atoms with Gasteiger partial charge in [0, 0.05) is 42.5 Å². The van der Waals surface area contributed by atoms with E-state index < -0.39 is 0 Å². The van der Waals surface area contributed by atoms with E-state index in [0.717, 1.165) is 0 Å². The fraction of sp³-hybridized carbons (Fsp3) is 0.381. The maximum Gasteiger partial charge on any atom is 0.221 e. The third-order valence-corrected chi connectivity index (χ3v) is 5.73. The Morgan fingerprint density at radius 3 is 2.64 bits per heavy atom. The highest BCUT2D eigenvalue weighted by Gasteiger charge is 2.23. The van der Waals surface area contributed by atoms with Gasteiger partial charge >= 0.3 is 0 Å². The Morgan fingerprint density at radius 2 is 1.96 bits per heavy atom. The van der Waals surface area contributed by atoms with Crippen LogP contribution in [0.25, 0.3) is 10.9 Å². The first-order valence-electron chi connectivity index (χ1n) is 8.82. The van der Waals surface area contributed by atoms with Gasteiger partial charge in [0.15, 0.2) is 0 Å². The van der Waals surface area contributed by atoms with Crippen LogP contribution in [0.2, 0.25) is 0 Å². The van der Waals surface area contributed by atoms with Crippen LogP contribution in [-0.4, -0.2) is 16.5 Å². The van der Waals surface area contributed by atoms with Gasteiger partial charge in [0.05, 0.1) is 0 Å². The van der Waals surface area contributed by atoms with E-state index in [0.29, 0.717) is 12.3 Å². The average molecular weight is 355 g/mol. The van der Waals surface area contributed by atoms with Crippen LogP contribution in [0, 0.1) is 5.92 Å². The molecule has 3 nitrogen and oxygen atoms in total. The van der Waals surface area contributed by atoms with Crippen LogP contribution in [0.15, 0.2) is 47.3 Å². The molecule has 0 aliphatic rings. The summed E-state index contributed by atoms with van der Waals surface area (Å²) in [4.78, 5) is 12.7. The number of nitrogens with one attached hydrogen (secondary N) is 1. The summed E-state index contributed by atoms with van der Waals surface area (Å²) in [5.74, 6) is 0.628. The first kappa shape index (κ1) is 17.7. The third kappa shape index (κ3) is 3.79. The van der Waals surface area contributed by atoms with Crippen LogP contribution >= 0.6 is 11.3 Å². The summed E-state index contributed by atoms with van der Waals surface area (Å²) in [5.41, 5.74) is 3.64. The highest BCUT2D eigenvalue weighted by molar-refractivity contribution is 7.08. The number of aryl methyl sites for hydroxylation is 1. The molecule has 3 aromatic rings. The molecule has 132 valence electrons. The van der Waals surface area contributed by atoms with Gasteiger partial charge in [-0.3, -0.25) is 4.79 Å². The molecule has 1 amide bonds. The Bertz CT molecular complexity index is 848. The second-order valence-electron chi connectivity index (χ2n) is 7.13. The number of rotatable bonds is 6. The Labute approximate surface area is 153 Å². The molecular formula is C21H26N2OS. The Hall–Kier alpha value is -2.07. The molecule has 2 atom stereocenters. The normalized spacial score (nSPS) is 14.0. The lowest BCUT2D eigenvalue weighted by molar-refractivity contribution is -0.122. The minimum Gasteiger partial charge on any atom is -0.353 e. The summed E-state index contributed by atoms with van der Waals surface area (Å²) in [6, 6.07) is 10.7. The van der Waals surface area contributed by atoms with E-state index in [-0.39, 0.29) is 17.9 Å². The van der Waals surface area contributed by atoms with Crippen LogP contribution in [-0.2, 0) is 11.8 Å². The van der Waals surface area contributed by atoms with Crippen LogP contribution in [0.5, 0.6) is 0 Å². The maximum atomic E-state index is 12.7. The standard InChI is InChI=1S/C21H26N2OS/c1-14(2)15(3)22-21(24)11-18(16-9-10-25-13-16)19-12-23(4)20-8-6-5-7-17(19)20/h5-10,12-15,18H,11H2,1-4H3,(H,22,24). The lowest BCUT2D eigenvalue weighted by Crippen LogP contribution is -2.36. The van der Waals surface area contributed by atoms with Gasteiger partial charge in [-0.25, -0.2) is 0 Å². The lowest BCUT2D eigenvalue weighted by Gasteiger charge is -2.20. The molecular weight excluding hydrogens is 328 g/mol. The van der Waals surface area contributed by atoms with Crippen molar-refractivity contribution in [3.63, 3.8) is 0 Å². The van der Waals surface area contributed by atoms with E-state index in [1.807, 2.05) is 0 Å². The second-order valence-corrected chi connectivity index (χ2v) is 7.91. The fourth-order valence-corrected chi connectivity index (χ4v) is 3.91. The number of amides is 1. The number of benzene rings is 1. The molecule has 0 saturated heterocycles. The number of hydrogen-bond donors (Lipinski definition) is 1. The average Bonchev–Trinajstić information content (AvgIpc) is 3.22. The zero-order chi connectivity index (χ0) is 18.0. The van der Waals surface area contributed by atoms with Crippen molar-refractivity contribution in [2.75, 3.05) is 0 Å². The summed E-state index contributed by atoms with van der Waals surface area (Å²) in [6.07, 6.45) is 2.65. The summed E-state index contributed by atoms with van der Waals surface area (Å²) >= 11 is 1.68. The molecule has 2 unspecified atom stereocenters. The van der Waals surface area contributed by atoms with Crippen molar-refractivity contribution in [3.8, 4) is 0 Å². The van der Waals surface area contributed by atoms with Crippen molar-refractivity contribution in [1.29, 1.82) is 0 Å². The van der Waals surface area contributed by atoms with Crippen LogP contribution < -0.4 is 5.32 Å². The van der Waals surface area contributed by atoms with Gasteiger partial charge in [0.25, 0.3) is 0 Å². The molecule has 0 spiro atoms. The van der Waals surface area contributed by atoms with Crippen molar-refractivity contribution in [2.45, 2.75) is 39.2 Å². The maximum absolute atomic E-state index is 12.7. The number of thiophene rings is 1. The van der Waals surface area contributed by atoms with Crippen molar-refractivity contribution in [2.24, 2.45) is 13.0 Å². The first-order valence-corrected chi connectivity index (χ1v) is 9.77. The van der Waals surface area contributed by atoms with Gasteiger partial charge < -0.3 is 9.88 Å². The summed E-state index contributed by atoms with van der Waals surface area (Å²) in [5, 5.41) is 8.63. The fourth-order valence-electron chi connectivity index (χ4n) is 3.20. The van der Waals surface area contributed by atoms with Crippen molar-refractivity contribution in [3.05, 3.63) is 58.4 Å². The molecule has 2 aromatic heterocycles. The van der Waals surface area contributed by atoms with Crippen molar-refractivity contribution < 1.29 is 4.79 Å². The summed E-state index contributed by atoms with van der Waals surface area (Å²) < 4.78 is 2.15. The van der Waals surface area contributed by atoms with E-state index in [1.165, 1.54) is 22.0 Å². The molecule has 3 rings (SSSR count). The van der Waals surface area contributed by atoms with Crippen LogP contribution in [0.1, 0.15) is 44.2 Å². The predicted molar refractivity (Wildman–Crippen MR) is 106 cm³/mol. The molecule has 0 bridgehead atoms. The van der Waals surface area contributed by atoms with E-state index in [1.54, 1.807) is 11.3 Å². The molecule has 1 aromatic carbocycles. The molecule has 0 aliphatic heterocycles. The second kappa shape index (κ2) is 7.44. The quantitative estimate of drug-likeness (QED) is 0.669. The molecule has 0 fully saturated rings. The van der Waals surface area contributed by atoms with Gasteiger partial charge in [-0.05, 0) is 46.9 Å².